The van der Waals surface area contributed by atoms with Gasteiger partial charge in [0.05, 0.1) is 10.6 Å². The number of amides is 1. The van der Waals surface area contributed by atoms with E-state index in [-0.39, 0.29) is 22.0 Å². The van der Waals surface area contributed by atoms with E-state index >= 15 is 0 Å². The molecule has 6 nitrogen and oxygen atoms in total. The molecule has 0 saturated heterocycles. The number of hydrogen-bond acceptors (Lipinski definition) is 5. The molecule has 0 bridgehead atoms. The molecule has 0 aliphatic heterocycles. The van der Waals surface area contributed by atoms with Crippen LogP contribution in [0.15, 0.2) is 41.3 Å². The van der Waals surface area contributed by atoms with E-state index < -0.39 is 29.3 Å². The van der Waals surface area contributed by atoms with Crippen molar-refractivity contribution in [2.45, 2.75) is 11.1 Å². The second kappa shape index (κ2) is 8.49. The standard InChI is InChI=1S/C16H12ClF3N2O4S/c1-27-10-3-4-13(22(24)25)11(7-10)15(23)21-12-6-9(17)2-5-14(12)26-8-16(18,19)20/h2-7H,8H2,1H3,(H,21,23). The first-order valence-electron chi connectivity index (χ1n) is 7.23. The van der Waals surface area contributed by atoms with Gasteiger partial charge in [0.25, 0.3) is 11.6 Å². The number of nitro benzene ring substituents is 1. The molecule has 2 aromatic carbocycles. The van der Waals surface area contributed by atoms with E-state index in [1.54, 1.807) is 6.26 Å². The predicted octanol–water partition coefficient (Wildman–Crippen LogP) is 5.16. The summed E-state index contributed by atoms with van der Waals surface area (Å²) in [6.45, 7) is -1.57. The van der Waals surface area contributed by atoms with Crippen molar-refractivity contribution >= 4 is 40.6 Å². The van der Waals surface area contributed by atoms with Crippen LogP contribution in [0.5, 0.6) is 5.75 Å². The molecule has 0 heterocycles. The SMILES string of the molecule is CSc1ccc([N+](=O)[O-])c(C(=O)Nc2cc(Cl)ccc2OCC(F)(F)F)c1. The van der Waals surface area contributed by atoms with Crippen molar-refractivity contribution in [2.75, 3.05) is 18.2 Å². The smallest absolute Gasteiger partial charge is 0.422 e. The normalized spacial score (nSPS) is 11.1. The van der Waals surface area contributed by atoms with Gasteiger partial charge in [-0.2, -0.15) is 13.2 Å². The highest BCUT2D eigenvalue weighted by Gasteiger charge is 2.29. The zero-order valence-corrected chi connectivity index (χ0v) is 15.2. The number of halogens is 4. The summed E-state index contributed by atoms with van der Waals surface area (Å²) in [6, 6.07) is 7.63. The number of ether oxygens (including phenoxy) is 1. The number of thioether (sulfide) groups is 1. The Kier molecular flexibility index (Phi) is 6.55. The van der Waals surface area contributed by atoms with Crippen molar-refractivity contribution in [3.05, 3.63) is 57.1 Å². The van der Waals surface area contributed by atoms with Crippen molar-refractivity contribution in [3.8, 4) is 5.75 Å². The van der Waals surface area contributed by atoms with Gasteiger partial charge in [-0.05, 0) is 36.6 Å². The van der Waals surface area contributed by atoms with Gasteiger partial charge in [-0.3, -0.25) is 14.9 Å². The van der Waals surface area contributed by atoms with Gasteiger partial charge in [-0.15, -0.1) is 11.8 Å². The summed E-state index contributed by atoms with van der Waals surface area (Å²) in [6.07, 6.45) is -2.85. The molecule has 1 amide bonds. The lowest BCUT2D eigenvalue weighted by Gasteiger charge is -2.14. The van der Waals surface area contributed by atoms with Gasteiger partial charge in [-0.25, -0.2) is 0 Å². The Morgan fingerprint density at radius 2 is 2.00 bits per heavy atom. The van der Waals surface area contributed by atoms with Crippen molar-refractivity contribution in [1.82, 2.24) is 0 Å². The Morgan fingerprint density at radius 3 is 2.59 bits per heavy atom. The lowest BCUT2D eigenvalue weighted by Crippen LogP contribution is -2.20. The number of carbonyl (C=O) groups excluding carboxylic acids is 1. The Morgan fingerprint density at radius 1 is 1.30 bits per heavy atom. The maximum atomic E-state index is 12.5. The Labute approximate surface area is 160 Å². The molecule has 1 N–H and O–H groups in total. The summed E-state index contributed by atoms with van der Waals surface area (Å²) in [5.41, 5.74) is -0.820. The summed E-state index contributed by atoms with van der Waals surface area (Å²) in [5, 5.41) is 13.6. The molecule has 0 spiro atoms. The molecule has 2 rings (SSSR count). The van der Waals surface area contributed by atoms with Crippen LogP contribution in [0.25, 0.3) is 0 Å². The van der Waals surface area contributed by atoms with Crippen LogP contribution in [-0.2, 0) is 0 Å². The summed E-state index contributed by atoms with van der Waals surface area (Å²) < 4.78 is 41.8. The lowest BCUT2D eigenvalue weighted by molar-refractivity contribution is -0.385. The van der Waals surface area contributed by atoms with Crippen LogP contribution in [0.1, 0.15) is 10.4 Å². The Bertz CT molecular complexity index is 877. The minimum absolute atomic E-state index is 0.136. The maximum Gasteiger partial charge on any atom is 0.422 e. The molecule has 0 fully saturated rings. The molecular formula is C16H12ClF3N2O4S. The molecule has 2 aromatic rings. The first-order chi connectivity index (χ1) is 12.6. The van der Waals surface area contributed by atoms with Gasteiger partial charge >= 0.3 is 6.18 Å². The molecule has 0 atom stereocenters. The summed E-state index contributed by atoms with van der Waals surface area (Å²) >= 11 is 7.10. The molecule has 11 heteroatoms. The van der Waals surface area contributed by atoms with E-state index in [1.165, 1.54) is 42.1 Å². The summed E-state index contributed by atoms with van der Waals surface area (Å²) in [7, 11) is 0. The number of anilines is 1. The Balaban J connectivity index is 2.35. The van der Waals surface area contributed by atoms with Crippen LogP contribution in [0.4, 0.5) is 24.5 Å². The van der Waals surface area contributed by atoms with Gasteiger partial charge < -0.3 is 10.1 Å². The van der Waals surface area contributed by atoms with Crippen LogP contribution < -0.4 is 10.1 Å². The molecule has 144 valence electrons. The average molecular weight is 421 g/mol. The quantitative estimate of drug-likeness (QED) is 0.396. The van der Waals surface area contributed by atoms with Crippen LogP contribution >= 0.6 is 23.4 Å². The fraction of sp³-hybridized carbons (Fsp3) is 0.188. The number of carbonyl (C=O) groups is 1. The molecule has 0 unspecified atom stereocenters. The zero-order chi connectivity index (χ0) is 20.2. The maximum absolute atomic E-state index is 12.5. The first kappa shape index (κ1) is 20.8. The van der Waals surface area contributed by atoms with E-state index in [1.807, 2.05) is 0 Å². The summed E-state index contributed by atoms with van der Waals surface area (Å²) in [4.78, 5) is 23.6. The van der Waals surface area contributed by atoms with Gasteiger partial charge in [0.15, 0.2) is 6.61 Å². The van der Waals surface area contributed by atoms with E-state index in [4.69, 9.17) is 11.6 Å². The molecule has 27 heavy (non-hydrogen) atoms. The van der Waals surface area contributed by atoms with Crippen LogP contribution in [-0.4, -0.2) is 29.9 Å². The fourth-order valence-electron chi connectivity index (χ4n) is 2.06. The fourth-order valence-corrected chi connectivity index (χ4v) is 2.67. The minimum Gasteiger partial charge on any atom is -0.482 e. The highest BCUT2D eigenvalue weighted by molar-refractivity contribution is 7.98. The highest BCUT2D eigenvalue weighted by Crippen LogP contribution is 2.31. The third-order valence-corrected chi connectivity index (χ3v) is 4.19. The summed E-state index contributed by atoms with van der Waals surface area (Å²) in [5.74, 6) is -1.15. The van der Waals surface area contributed by atoms with Crippen LogP contribution in [0.2, 0.25) is 5.02 Å². The molecular weight excluding hydrogens is 409 g/mol. The third kappa shape index (κ3) is 5.76. The molecule has 0 aromatic heterocycles. The number of benzene rings is 2. The van der Waals surface area contributed by atoms with Crippen molar-refractivity contribution in [1.29, 1.82) is 0 Å². The predicted molar refractivity (Wildman–Crippen MR) is 95.8 cm³/mol. The van der Waals surface area contributed by atoms with E-state index in [0.29, 0.717) is 4.90 Å². The van der Waals surface area contributed by atoms with Gasteiger partial charge in [0.2, 0.25) is 0 Å². The van der Waals surface area contributed by atoms with Crippen LogP contribution in [0.3, 0.4) is 0 Å². The largest absolute Gasteiger partial charge is 0.482 e. The first-order valence-corrected chi connectivity index (χ1v) is 8.84. The Hall–Kier alpha value is -2.46. The monoisotopic (exact) mass is 420 g/mol. The highest BCUT2D eigenvalue weighted by atomic mass is 35.5. The molecule has 0 saturated carbocycles. The van der Waals surface area contributed by atoms with Crippen molar-refractivity contribution < 1.29 is 27.6 Å². The number of nitrogens with zero attached hydrogens (tertiary/aromatic N) is 1. The number of nitrogens with one attached hydrogen (secondary N) is 1. The number of rotatable bonds is 6. The van der Waals surface area contributed by atoms with E-state index in [9.17, 15) is 28.1 Å². The van der Waals surface area contributed by atoms with E-state index in [0.717, 1.165) is 6.07 Å². The number of hydrogen-bond donors (Lipinski definition) is 1. The number of nitro groups is 1. The molecule has 0 radical (unpaired) electrons. The lowest BCUT2D eigenvalue weighted by atomic mass is 10.1. The average Bonchev–Trinajstić information content (AvgIpc) is 2.59. The minimum atomic E-state index is -4.58. The van der Waals surface area contributed by atoms with Gasteiger partial charge in [0, 0.05) is 16.0 Å². The zero-order valence-electron chi connectivity index (χ0n) is 13.7. The van der Waals surface area contributed by atoms with Crippen LogP contribution in [0, 0.1) is 10.1 Å². The molecule has 0 aliphatic carbocycles. The second-order valence-corrected chi connectivity index (χ2v) is 6.45. The third-order valence-electron chi connectivity index (χ3n) is 3.23. The topological polar surface area (TPSA) is 81.5 Å². The number of alkyl halides is 3. The second-order valence-electron chi connectivity index (χ2n) is 5.14. The van der Waals surface area contributed by atoms with Crippen molar-refractivity contribution in [2.24, 2.45) is 0 Å². The van der Waals surface area contributed by atoms with Crippen molar-refractivity contribution in [3.63, 3.8) is 0 Å². The van der Waals surface area contributed by atoms with Gasteiger partial charge in [0.1, 0.15) is 11.3 Å². The molecule has 0 aliphatic rings. The van der Waals surface area contributed by atoms with E-state index in [2.05, 4.69) is 10.1 Å². The van der Waals surface area contributed by atoms with Gasteiger partial charge in [-0.1, -0.05) is 11.6 Å².